The standard InChI is InChI=1S/C16H23NO2/c1-3-14-12-16(15(18)19,10-11-17(14)4-2)13-8-6-5-7-9-13/h5-9,14H,3-4,10-12H2,1-2H3,(H,18,19). The van der Waals surface area contributed by atoms with Crippen LogP contribution in [0.5, 0.6) is 0 Å². The van der Waals surface area contributed by atoms with Gasteiger partial charge in [-0.15, -0.1) is 0 Å². The molecule has 2 unspecified atom stereocenters. The van der Waals surface area contributed by atoms with Gasteiger partial charge in [0.15, 0.2) is 0 Å². The van der Waals surface area contributed by atoms with E-state index in [1.807, 2.05) is 30.3 Å². The summed E-state index contributed by atoms with van der Waals surface area (Å²) in [7, 11) is 0. The summed E-state index contributed by atoms with van der Waals surface area (Å²) >= 11 is 0. The molecule has 1 saturated heterocycles. The van der Waals surface area contributed by atoms with Crippen molar-refractivity contribution >= 4 is 5.97 Å². The van der Waals surface area contributed by atoms with Gasteiger partial charge in [0.2, 0.25) is 0 Å². The lowest BCUT2D eigenvalue weighted by molar-refractivity contribution is -0.147. The number of hydrogen-bond donors (Lipinski definition) is 1. The van der Waals surface area contributed by atoms with Crippen molar-refractivity contribution in [3.05, 3.63) is 35.9 Å². The Balaban J connectivity index is 2.35. The Morgan fingerprint density at radius 2 is 2.05 bits per heavy atom. The summed E-state index contributed by atoms with van der Waals surface area (Å²) in [5.41, 5.74) is 0.254. The van der Waals surface area contributed by atoms with Gasteiger partial charge in [-0.25, -0.2) is 0 Å². The zero-order valence-electron chi connectivity index (χ0n) is 11.8. The molecule has 19 heavy (non-hydrogen) atoms. The molecule has 2 rings (SSSR count). The Morgan fingerprint density at radius 1 is 1.37 bits per heavy atom. The molecule has 1 aliphatic rings. The maximum atomic E-state index is 11.9. The molecular formula is C16H23NO2. The van der Waals surface area contributed by atoms with Crippen LogP contribution in [0.2, 0.25) is 0 Å². The van der Waals surface area contributed by atoms with Crippen LogP contribution in [0.4, 0.5) is 0 Å². The Kier molecular flexibility index (Phi) is 4.25. The molecule has 1 heterocycles. The minimum absolute atomic E-state index is 0.370. The number of benzene rings is 1. The molecule has 104 valence electrons. The topological polar surface area (TPSA) is 40.5 Å². The van der Waals surface area contributed by atoms with Crippen molar-refractivity contribution in [1.29, 1.82) is 0 Å². The van der Waals surface area contributed by atoms with Crippen molar-refractivity contribution in [3.63, 3.8) is 0 Å². The van der Waals surface area contributed by atoms with E-state index in [9.17, 15) is 9.90 Å². The SMILES string of the molecule is CCC1CC(C(=O)O)(c2ccccc2)CCN1CC. The molecule has 0 bridgehead atoms. The van der Waals surface area contributed by atoms with Crippen LogP contribution >= 0.6 is 0 Å². The van der Waals surface area contributed by atoms with Gasteiger partial charge in [0.05, 0.1) is 5.41 Å². The first-order chi connectivity index (χ1) is 9.14. The lowest BCUT2D eigenvalue weighted by atomic mass is 9.70. The lowest BCUT2D eigenvalue weighted by Gasteiger charge is -2.44. The Morgan fingerprint density at radius 3 is 2.58 bits per heavy atom. The van der Waals surface area contributed by atoms with Gasteiger partial charge >= 0.3 is 5.97 Å². The molecule has 1 fully saturated rings. The average molecular weight is 261 g/mol. The number of piperidine rings is 1. The van der Waals surface area contributed by atoms with Gasteiger partial charge in [0.25, 0.3) is 0 Å². The summed E-state index contributed by atoms with van der Waals surface area (Å²) < 4.78 is 0. The highest BCUT2D eigenvalue weighted by atomic mass is 16.4. The summed E-state index contributed by atoms with van der Waals surface area (Å²) in [6, 6.07) is 10.1. The molecule has 1 aromatic carbocycles. The minimum Gasteiger partial charge on any atom is -0.481 e. The third-order valence-corrected chi connectivity index (χ3v) is 4.54. The van der Waals surface area contributed by atoms with Crippen molar-refractivity contribution in [2.75, 3.05) is 13.1 Å². The summed E-state index contributed by atoms with van der Waals surface area (Å²) in [6.45, 7) is 6.17. The molecule has 1 N–H and O–H groups in total. The van der Waals surface area contributed by atoms with Crippen molar-refractivity contribution in [2.45, 2.75) is 44.6 Å². The van der Waals surface area contributed by atoms with Gasteiger partial charge < -0.3 is 10.0 Å². The van der Waals surface area contributed by atoms with E-state index in [1.165, 1.54) is 0 Å². The molecule has 3 heteroatoms. The third kappa shape index (κ3) is 2.52. The molecule has 0 spiro atoms. The fourth-order valence-electron chi connectivity index (χ4n) is 3.31. The number of carbonyl (C=O) groups is 1. The predicted molar refractivity (Wildman–Crippen MR) is 76.3 cm³/mol. The smallest absolute Gasteiger partial charge is 0.314 e. The Labute approximate surface area is 115 Å². The fraction of sp³-hybridized carbons (Fsp3) is 0.562. The summed E-state index contributed by atoms with van der Waals surface area (Å²) in [5.74, 6) is -0.673. The number of carboxylic acids is 1. The molecule has 0 saturated carbocycles. The Hall–Kier alpha value is -1.35. The van der Waals surface area contributed by atoms with E-state index in [0.29, 0.717) is 12.5 Å². The first kappa shape index (κ1) is 14.1. The molecule has 2 atom stereocenters. The second-order valence-electron chi connectivity index (χ2n) is 5.40. The first-order valence-corrected chi connectivity index (χ1v) is 7.17. The van der Waals surface area contributed by atoms with Crippen LogP contribution in [0.15, 0.2) is 30.3 Å². The van der Waals surface area contributed by atoms with Crippen molar-refractivity contribution in [1.82, 2.24) is 4.90 Å². The van der Waals surface area contributed by atoms with Crippen LogP contribution in [0.1, 0.15) is 38.7 Å². The second kappa shape index (κ2) is 5.74. The van der Waals surface area contributed by atoms with Crippen LogP contribution < -0.4 is 0 Å². The first-order valence-electron chi connectivity index (χ1n) is 7.17. The van der Waals surface area contributed by atoms with Gasteiger partial charge in [0, 0.05) is 6.04 Å². The van der Waals surface area contributed by atoms with E-state index >= 15 is 0 Å². The number of carboxylic acid groups (broad SMARTS) is 1. The second-order valence-corrected chi connectivity index (χ2v) is 5.40. The van der Waals surface area contributed by atoms with E-state index in [4.69, 9.17) is 0 Å². The molecular weight excluding hydrogens is 238 g/mol. The molecule has 1 aromatic rings. The molecule has 1 aliphatic heterocycles. The van der Waals surface area contributed by atoms with Gasteiger partial charge in [-0.3, -0.25) is 4.79 Å². The van der Waals surface area contributed by atoms with Crippen LogP contribution in [0, 0.1) is 0 Å². The maximum absolute atomic E-state index is 11.9. The monoisotopic (exact) mass is 261 g/mol. The van der Waals surface area contributed by atoms with E-state index in [2.05, 4.69) is 18.7 Å². The Bertz CT molecular complexity index is 432. The highest BCUT2D eigenvalue weighted by Gasteiger charge is 2.45. The predicted octanol–water partition coefficient (Wildman–Crippen LogP) is 2.90. The molecule has 3 nitrogen and oxygen atoms in total. The van der Waals surface area contributed by atoms with Crippen LogP contribution in [0.3, 0.4) is 0 Å². The van der Waals surface area contributed by atoms with E-state index < -0.39 is 11.4 Å². The van der Waals surface area contributed by atoms with Gasteiger partial charge in [-0.1, -0.05) is 44.2 Å². The number of rotatable bonds is 4. The number of aliphatic carboxylic acids is 1. The van der Waals surface area contributed by atoms with Gasteiger partial charge in [0.1, 0.15) is 0 Å². The molecule has 0 amide bonds. The average Bonchev–Trinajstić information content (AvgIpc) is 2.47. The van der Waals surface area contributed by atoms with Crippen molar-refractivity contribution in [3.8, 4) is 0 Å². The number of hydrogen-bond acceptors (Lipinski definition) is 2. The maximum Gasteiger partial charge on any atom is 0.314 e. The van der Waals surface area contributed by atoms with Gasteiger partial charge in [-0.2, -0.15) is 0 Å². The number of likely N-dealkylation sites (tertiary alicyclic amines) is 1. The molecule has 0 radical (unpaired) electrons. The third-order valence-electron chi connectivity index (χ3n) is 4.54. The lowest BCUT2D eigenvalue weighted by Crippen LogP contribution is -2.52. The molecule has 0 aliphatic carbocycles. The zero-order valence-corrected chi connectivity index (χ0v) is 11.8. The van der Waals surface area contributed by atoms with Crippen molar-refractivity contribution in [2.24, 2.45) is 0 Å². The summed E-state index contributed by atoms with van der Waals surface area (Å²) in [5, 5.41) is 9.80. The normalized spacial score (nSPS) is 28.2. The van der Waals surface area contributed by atoms with Crippen LogP contribution in [-0.4, -0.2) is 35.1 Å². The zero-order chi connectivity index (χ0) is 13.9. The number of nitrogens with zero attached hydrogens (tertiary/aromatic N) is 1. The minimum atomic E-state index is -0.701. The van der Waals surface area contributed by atoms with E-state index in [1.54, 1.807) is 0 Å². The van der Waals surface area contributed by atoms with Crippen LogP contribution in [-0.2, 0) is 10.2 Å². The van der Waals surface area contributed by atoms with E-state index in [0.717, 1.165) is 31.5 Å². The quantitative estimate of drug-likeness (QED) is 0.906. The summed E-state index contributed by atoms with van der Waals surface area (Å²) in [4.78, 5) is 14.3. The highest BCUT2D eigenvalue weighted by Crippen LogP contribution is 2.39. The fourth-order valence-corrected chi connectivity index (χ4v) is 3.31. The summed E-state index contributed by atoms with van der Waals surface area (Å²) in [6.07, 6.45) is 2.43. The van der Waals surface area contributed by atoms with Crippen LogP contribution in [0.25, 0.3) is 0 Å². The van der Waals surface area contributed by atoms with E-state index in [-0.39, 0.29) is 0 Å². The van der Waals surface area contributed by atoms with Crippen molar-refractivity contribution < 1.29 is 9.90 Å². The largest absolute Gasteiger partial charge is 0.481 e. The molecule has 0 aromatic heterocycles. The van der Waals surface area contributed by atoms with Gasteiger partial charge in [-0.05, 0) is 37.9 Å². The highest BCUT2D eigenvalue weighted by molar-refractivity contribution is 5.81.